The van der Waals surface area contributed by atoms with Crippen molar-refractivity contribution in [2.45, 2.75) is 31.4 Å². The molecule has 0 aromatic heterocycles. The number of fused-ring (bicyclic) bond motifs is 1. The van der Waals surface area contributed by atoms with Gasteiger partial charge in [-0.2, -0.15) is 13.2 Å². The molecule has 1 aromatic rings. The second-order valence-electron chi connectivity index (χ2n) is 5.10. The van der Waals surface area contributed by atoms with Crippen LogP contribution in [0.5, 0.6) is 5.75 Å². The number of aromatic carboxylic acids is 1. The molecule has 1 aliphatic heterocycles. The number of hydrogen-bond acceptors (Lipinski definition) is 4. The largest absolute Gasteiger partial charge is 1.00 e. The van der Waals surface area contributed by atoms with Crippen LogP contribution in [0.2, 0.25) is 0 Å². The molecule has 1 atom stereocenters. The molecule has 1 amide bonds. The van der Waals surface area contributed by atoms with Crippen LogP contribution in [0.4, 0.5) is 13.2 Å². The van der Waals surface area contributed by atoms with Gasteiger partial charge in [-0.1, -0.05) is 12.1 Å². The molecule has 126 valence electrons. The maximum atomic E-state index is 12.1. The Hall–Kier alpha value is -1.23. The third-order valence-corrected chi connectivity index (χ3v) is 3.33. The Kier molecular flexibility index (Phi) is 7.15. The number of rotatable bonds is 4. The third kappa shape index (κ3) is 5.40. The maximum absolute atomic E-state index is 12.1. The Morgan fingerprint density at radius 2 is 2.08 bits per heavy atom. The number of alkyl halides is 3. The second kappa shape index (κ2) is 8.24. The number of nitrogens with one attached hydrogen (secondary N) is 1. The molecule has 2 rings (SSSR count). The van der Waals surface area contributed by atoms with Gasteiger partial charge in [0.25, 0.3) is 0 Å². The van der Waals surface area contributed by atoms with Crippen LogP contribution in [-0.2, 0) is 11.2 Å². The molecule has 1 aromatic carbocycles. The molecular weight excluding hydrogens is 341 g/mol. The Morgan fingerprint density at radius 3 is 2.67 bits per heavy atom. The zero-order valence-electron chi connectivity index (χ0n) is 13.8. The minimum Gasteiger partial charge on any atom is -1.00 e. The summed E-state index contributed by atoms with van der Waals surface area (Å²) in [5.41, 5.74) is 0.305. The summed E-state index contributed by atoms with van der Waals surface area (Å²) in [5, 5.41) is 21.2. The molecule has 1 aliphatic rings. The number of para-hydroxylation sites is 1. The van der Waals surface area contributed by atoms with Gasteiger partial charge >= 0.3 is 48.8 Å². The van der Waals surface area contributed by atoms with E-state index in [0.29, 0.717) is 5.56 Å². The van der Waals surface area contributed by atoms with E-state index in [4.69, 9.17) is 9.76 Å². The summed E-state index contributed by atoms with van der Waals surface area (Å²) in [7, 11) is -1.54. The van der Waals surface area contributed by atoms with Gasteiger partial charge < -0.3 is 21.5 Å². The summed E-state index contributed by atoms with van der Waals surface area (Å²) in [4.78, 5) is 22.6. The Bertz CT molecular complexity index is 634. The van der Waals surface area contributed by atoms with Crippen molar-refractivity contribution in [1.82, 2.24) is 5.32 Å². The molecule has 0 bridgehead atoms. The Balaban J connectivity index is 0.00000288. The van der Waals surface area contributed by atoms with Gasteiger partial charge in [-0.05, 0) is 18.1 Å². The van der Waals surface area contributed by atoms with Crippen molar-refractivity contribution in [2.24, 2.45) is 0 Å². The van der Waals surface area contributed by atoms with E-state index in [9.17, 15) is 27.8 Å². The second-order valence-corrected chi connectivity index (χ2v) is 5.10. The molecular formula is C13H14BF3NNaO5. The normalized spacial score (nSPS) is 16.5. The fourth-order valence-corrected chi connectivity index (χ4v) is 2.25. The fraction of sp³-hybridized carbons (Fsp3) is 0.385. The number of carbonyl (C=O) groups is 2. The van der Waals surface area contributed by atoms with Gasteiger partial charge in [0.15, 0.2) is 0 Å². The number of amides is 1. The Morgan fingerprint density at radius 1 is 1.42 bits per heavy atom. The van der Waals surface area contributed by atoms with E-state index in [1.165, 1.54) is 12.1 Å². The molecule has 0 radical (unpaired) electrons. The van der Waals surface area contributed by atoms with Crippen molar-refractivity contribution in [3.05, 3.63) is 29.3 Å². The van der Waals surface area contributed by atoms with Crippen LogP contribution in [0.25, 0.3) is 0 Å². The van der Waals surface area contributed by atoms with E-state index in [0.717, 1.165) is 0 Å². The first-order chi connectivity index (χ1) is 10.7. The first-order valence-electron chi connectivity index (χ1n) is 6.73. The summed E-state index contributed by atoms with van der Waals surface area (Å²) >= 11 is 0. The smallest absolute Gasteiger partial charge is 1.00 e. The van der Waals surface area contributed by atoms with Crippen molar-refractivity contribution in [1.29, 1.82) is 0 Å². The Labute approximate surface area is 159 Å². The van der Waals surface area contributed by atoms with Crippen LogP contribution < -0.4 is 39.5 Å². The van der Waals surface area contributed by atoms with Gasteiger partial charge in [0.1, 0.15) is 5.75 Å². The SMILES string of the molecule is O=C(CCC(F)(F)F)NC1Cc2cccc(C(=O)O)c2OB1O.[H-].[Na+]. The van der Waals surface area contributed by atoms with Crippen molar-refractivity contribution in [2.75, 3.05) is 0 Å². The number of carbonyl (C=O) groups excluding carboxylic acids is 1. The van der Waals surface area contributed by atoms with E-state index < -0.39 is 44.0 Å². The molecule has 11 heteroatoms. The third-order valence-electron chi connectivity index (χ3n) is 3.33. The van der Waals surface area contributed by atoms with Crippen molar-refractivity contribution < 1.29 is 68.5 Å². The van der Waals surface area contributed by atoms with Gasteiger partial charge in [-0.15, -0.1) is 0 Å². The van der Waals surface area contributed by atoms with Crippen LogP contribution in [0.1, 0.15) is 30.2 Å². The van der Waals surface area contributed by atoms with E-state index in [-0.39, 0.29) is 48.7 Å². The molecule has 1 unspecified atom stereocenters. The van der Waals surface area contributed by atoms with E-state index in [2.05, 4.69) is 5.32 Å². The van der Waals surface area contributed by atoms with Crippen molar-refractivity contribution in [3.63, 3.8) is 0 Å². The van der Waals surface area contributed by atoms with Crippen LogP contribution in [0, 0.1) is 0 Å². The van der Waals surface area contributed by atoms with Gasteiger partial charge in [-0.25, -0.2) is 4.79 Å². The number of benzene rings is 1. The van der Waals surface area contributed by atoms with E-state index in [1.54, 1.807) is 6.07 Å². The van der Waals surface area contributed by atoms with Crippen LogP contribution in [0.3, 0.4) is 0 Å². The van der Waals surface area contributed by atoms with Gasteiger partial charge in [-0.3, -0.25) is 4.79 Å². The number of halogens is 3. The maximum Gasteiger partial charge on any atom is 1.00 e. The standard InChI is InChI=1S/C13H13BF3NO5.Na.H/c15-13(16,17)5-4-10(19)18-9-6-7-2-1-3-8(12(20)21)11(7)23-14(9)22;;/h1-3,9,22H,4-6H2,(H,18,19)(H,20,21);;/q;+1;-1. The van der Waals surface area contributed by atoms with Gasteiger partial charge in [0, 0.05) is 6.42 Å². The average Bonchev–Trinajstić information content (AvgIpc) is 2.44. The van der Waals surface area contributed by atoms with Crippen LogP contribution in [-0.4, -0.2) is 41.2 Å². The molecule has 0 fully saturated rings. The first kappa shape index (κ1) is 20.8. The molecule has 0 saturated heterocycles. The number of carboxylic acid groups (broad SMARTS) is 1. The van der Waals surface area contributed by atoms with Crippen LogP contribution >= 0.6 is 0 Å². The molecule has 3 N–H and O–H groups in total. The predicted molar refractivity (Wildman–Crippen MR) is 74.0 cm³/mol. The van der Waals surface area contributed by atoms with E-state index in [1.807, 2.05) is 0 Å². The molecule has 0 spiro atoms. The van der Waals surface area contributed by atoms with Crippen molar-refractivity contribution >= 4 is 19.0 Å². The minimum atomic E-state index is -4.44. The fourth-order valence-electron chi connectivity index (χ4n) is 2.25. The zero-order valence-corrected chi connectivity index (χ0v) is 14.8. The van der Waals surface area contributed by atoms with Crippen molar-refractivity contribution in [3.8, 4) is 5.75 Å². The number of carboxylic acids is 1. The van der Waals surface area contributed by atoms with Crippen LogP contribution in [0.15, 0.2) is 18.2 Å². The minimum absolute atomic E-state index is 0. The van der Waals surface area contributed by atoms with Gasteiger partial charge in [0.2, 0.25) is 5.91 Å². The summed E-state index contributed by atoms with van der Waals surface area (Å²) < 4.78 is 41.4. The average molecular weight is 355 g/mol. The predicted octanol–water partition coefficient (Wildman–Crippen LogP) is -1.72. The monoisotopic (exact) mass is 355 g/mol. The summed E-state index contributed by atoms with van der Waals surface area (Å²) in [6.07, 6.45) is -6.41. The topological polar surface area (TPSA) is 95.9 Å². The summed E-state index contributed by atoms with van der Waals surface area (Å²) in [6, 6.07) is 4.34. The zero-order chi connectivity index (χ0) is 17.2. The molecule has 24 heavy (non-hydrogen) atoms. The first-order valence-corrected chi connectivity index (χ1v) is 6.73. The summed E-state index contributed by atoms with van der Waals surface area (Å²) in [6.45, 7) is 0. The number of hydrogen-bond donors (Lipinski definition) is 3. The molecule has 0 saturated carbocycles. The summed E-state index contributed by atoms with van der Waals surface area (Å²) in [5.74, 6) is -3.06. The molecule has 6 nitrogen and oxygen atoms in total. The van der Waals surface area contributed by atoms with Gasteiger partial charge in [0.05, 0.1) is 17.9 Å². The molecule has 1 heterocycles. The quantitative estimate of drug-likeness (QED) is 0.559. The molecule has 0 aliphatic carbocycles. The van der Waals surface area contributed by atoms with E-state index >= 15 is 0 Å².